The van der Waals surface area contributed by atoms with Crippen LogP contribution in [-0.4, -0.2) is 29.5 Å². The van der Waals surface area contributed by atoms with E-state index in [-0.39, 0.29) is 12.5 Å². The van der Waals surface area contributed by atoms with Gasteiger partial charge >= 0.3 is 5.97 Å². The molecule has 1 aromatic heterocycles. The topological polar surface area (TPSA) is 68.3 Å². The summed E-state index contributed by atoms with van der Waals surface area (Å²) in [5.74, 6) is -0.790. The number of rotatable bonds is 7. The van der Waals surface area contributed by atoms with Crippen LogP contribution in [0.5, 0.6) is 0 Å². The van der Waals surface area contributed by atoms with E-state index in [0.717, 1.165) is 16.3 Å². The number of nitrogens with one attached hydrogen (secondary N) is 1. The first-order valence-electron chi connectivity index (χ1n) is 7.69. The molecule has 1 unspecified atom stereocenters. The number of hydrogen-bond acceptors (Lipinski definition) is 5. The number of carbonyl (C=O) groups is 2. The smallest absolute Gasteiger partial charge is 0.328 e. The SMILES string of the molecule is CCOC(=O)C(Cc1ccccc1)NC(=O)C=Cc1csc(C)n1. The van der Waals surface area contributed by atoms with Crippen molar-refractivity contribution in [2.75, 3.05) is 6.61 Å². The van der Waals surface area contributed by atoms with Gasteiger partial charge in [0.2, 0.25) is 5.91 Å². The first-order chi connectivity index (χ1) is 11.6. The maximum absolute atomic E-state index is 12.1. The number of carbonyl (C=O) groups excluding carboxylic acids is 2. The number of hydrogen-bond donors (Lipinski definition) is 1. The van der Waals surface area contributed by atoms with Gasteiger partial charge in [0.1, 0.15) is 6.04 Å². The largest absolute Gasteiger partial charge is 0.464 e. The Morgan fingerprint density at radius 3 is 2.71 bits per heavy atom. The Hall–Kier alpha value is -2.47. The minimum absolute atomic E-state index is 0.272. The molecular formula is C18H20N2O3S. The van der Waals surface area contributed by atoms with Gasteiger partial charge in [-0.3, -0.25) is 4.79 Å². The summed E-state index contributed by atoms with van der Waals surface area (Å²) in [6.07, 6.45) is 3.39. The third-order valence-corrected chi connectivity index (χ3v) is 4.00. The first kappa shape index (κ1) is 17.9. The standard InChI is InChI=1S/C18H20N2O3S/c1-3-23-18(22)16(11-14-7-5-4-6-8-14)20-17(21)10-9-15-12-24-13(2)19-15/h4-10,12,16H,3,11H2,1-2H3,(H,20,21). The van der Waals surface area contributed by atoms with Crippen molar-refractivity contribution in [3.63, 3.8) is 0 Å². The van der Waals surface area contributed by atoms with Crippen molar-refractivity contribution in [3.05, 3.63) is 58.1 Å². The molecule has 0 aliphatic carbocycles. The number of thiazole rings is 1. The van der Waals surface area contributed by atoms with Crippen molar-refractivity contribution in [2.45, 2.75) is 26.3 Å². The third-order valence-electron chi connectivity index (χ3n) is 3.21. The third kappa shape index (κ3) is 5.62. The van der Waals surface area contributed by atoms with E-state index in [1.165, 1.54) is 17.4 Å². The lowest BCUT2D eigenvalue weighted by molar-refractivity contribution is -0.146. The molecule has 5 nitrogen and oxygen atoms in total. The molecule has 0 saturated carbocycles. The Kier molecular flexibility index (Phi) is 6.69. The zero-order valence-electron chi connectivity index (χ0n) is 13.7. The Balaban J connectivity index is 2.02. The summed E-state index contributed by atoms with van der Waals surface area (Å²) >= 11 is 1.52. The molecule has 126 valence electrons. The van der Waals surface area contributed by atoms with Gasteiger partial charge in [-0.15, -0.1) is 11.3 Å². The average Bonchev–Trinajstić information content (AvgIpc) is 2.99. The van der Waals surface area contributed by atoms with Crippen LogP contribution in [0.25, 0.3) is 6.08 Å². The predicted molar refractivity (Wildman–Crippen MR) is 94.6 cm³/mol. The van der Waals surface area contributed by atoms with E-state index in [1.807, 2.05) is 42.6 Å². The highest BCUT2D eigenvalue weighted by Crippen LogP contribution is 2.09. The van der Waals surface area contributed by atoms with Gasteiger partial charge in [0.15, 0.2) is 0 Å². The summed E-state index contributed by atoms with van der Waals surface area (Å²) in [5.41, 5.74) is 1.68. The van der Waals surface area contributed by atoms with E-state index in [4.69, 9.17) is 4.74 Å². The van der Waals surface area contributed by atoms with E-state index in [2.05, 4.69) is 10.3 Å². The highest BCUT2D eigenvalue weighted by Gasteiger charge is 2.21. The molecule has 1 atom stereocenters. The fraction of sp³-hybridized carbons (Fsp3) is 0.278. The number of ether oxygens (including phenoxy) is 1. The van der Waals surface area contributed by atoms with Crippen LogP contribution in [-0.2, 0) is 20.7 Å². The molecule has 0 saturated heterocycles. The van der Waals surface area contributed by atoms with Crippen LogP contribution >= 0.6 is 11.3 Å². The lowest BCUT2D eigenvalue weighted by atomic mass is 10.1. The van der Waals surface area contributed by atoms with Crippen LogP contribution in [0.3, 0.4) is 0 Å². The summed E-state index contributed by atoms with van der Waals surface area (Å²) in [7, 11) is 0. The second-order valence-corrected chi connectivity index (χ2v) is 6.19. The molecule has 1 N–H and O–H groups in total. The highest BCUT2D eigenvalue weighted by molar-refractivity contribution is 7.09. The summed E-state index contributed by atoms with van der Waals surface area (Å²) < 4.78 is 5.05. The first-order valence-corrected chi connectivity index (χ1v) is 8.57. The molecule has 24 heavy (non-hydrogen) atoms. The van der Waals surface area contributed by atoms with Crippen molar-refractivity contribution in [1.29, 1.82) is 0 Å². The molecule has 0 bridgehead atoms. The Morgan fingerprint density at radius 2 is 2.08 bits per heavy atom. The van der Waals surface area contributed by atoms with Crippen molar-refractivity contribution in [2.24, 2.45) is 0 Å². The Morgan fingerprint density at radius 1 is 1.33 bits per heavy atom. The minimum Gasteiger partial charge on any atom is -0.464 e. The molecule has 0 aliphatic heterocycles. The molecule has 2 rings (SSSR count). The van der Waals surface area contributed by atoms with E-state index in [0.29, 0.717) is 6.42 Å². The van der Waals surface area contributed by atoms with E-state index in [1.54, 1.807) is 13.0 Å². The Bertz CT molecular complexity index is 710. The molecule has 1 amide bonds. The van der Waals surface area contributed by atoms with Gasteiger partial charge in [-0.05, 0) is 25.5 Å². The number of amides is 1. The molecule has 0 aliphatic rings. The zero-order valence-corrected chi connectivity index (χ0v) is 14.5. The molecule has 6 heteroatoms. The second kappa shape index (κ2) is 8.98. The fourth-order valence-corrected chi connectivity index (χ4v) is 2.70. The summed E-state index contributed by atoms with van der Waals surface area (Å²) in [6, 6.07) is 8.79. The number of benzene rings is 1. The van der Waals surface area contributed by atoms with E-state index in [9.17, 15) is 9.59 Å². The van der Waals surface area contributed by atoms with Gasteiger partial charge in [0, 0.05) is 17.9 Å². The monoisotopic (exact) mass is 344 g/mol. The van der Waals surface area contributed by atoms with Crippen LogP contribution < -0.4 is 5.32 Å². The van der Waals surface area contributed by atoms with Gasteiger partial charge in [-0.2, -0.15) is 0 Å². The molecule has 0 spiro atoms. The predicted octanol–water partition coefficient (Wildman–Crippen LogP) is 2.76. The Labute approximate surface area is 145 Å². The molecule has 0 fully saturated rings. The molecule has 1 aromatic carbocycles. The van der Waals surface area contributed by atoms with Crippen molar-refractivity contribution in [3.8, 4) is 0 Å². The van der Waals surface area contributed by atoms with Crippen molar-refractivity contribution < 1.29 is 14.3 Å². The van der Waals surface area contributed by atoms with Crippen LogP contribution in [0.4, 0.5) is 0 Å². The summed E-state index contributed by atoms with van der Waals surface area (Å²) in [5, 5.41) is 5.50. The van der Waals surface area contributed by atoms with Gasteiger partial charge in [-0.25, -0.2) is 9.78 Å². The normalized spacial score (nSPS) is 12.1. The zero-order chi connectivity index (χ0) is 17.4. The van der Waals surface area contributed by atoms with E-state index < -0.39 is 12.0 Å². The van der Waals surface area contributed by atoms with Gasteiger partial charge in [-0.1, -0.05) is 30.3 Å². The summed E-state index contributed by atoms with van der Waals surface area (Å²) in [6.45, 7) is 3.91. The number of aryl methyl sites for hydroxylation is 1. The van der Waals surface area contributed by atoms with Gasteiger partial charge < -0.3 is 10.1 Å². The quantitative estimate of drug-likeness (QED) is 0.619. The van der Waals surface area contributed by atoms with Crippen LogP contribution in [0, 0.1) is 6.92 Å². The fourth-order valence-electron chi connectivity index (χ4n) is 2.12. The molecule has 0 radical (unpaired) electrons. The number of esters is 1. The van der Waals surface area contributed by atoms with Crippen LogP contribution in [0.15, 0.2) is 41.8 Å². The second-order valence-electron chi connectivity index (χ2n) is 5.13. The maximum Gasteiger partial charge on any atom is 0.328 e. The van der Waals surface area contributed by atoms with Crippen LogP contribution in [0.2, 0.25) is 0 Å². The lowest BCUT2D eigenvalue weighted by Gasteiger charge is -2.16. The molecular weight excluding hydrogens is 324 g/mol. The van der Waals surface area contributed by atoms with Crippen molar-refractivity contribution >= 4 is 29.3 Å². The maximum atomic E-state index is 12.1. The van der Waals surface area contributed by atoms with E-state index >= 15 is 0 Å². The average molecular weight is 344 g/mol. The molecule has 1 heterocycles. The van der Waals surface area contributed by atoms with Gasteiger partial charge in [0.05, 0.1) is 17.3 Å². The lowest BCUT2D eigenvalue weighted by Crippen LogP contribution is -2.42. The van der Waals surface area contributed by atoms with Crippen LogP contribution in [0.1, 0.15) is 23.2 Å². The number of nitrogens with zero attached hydrogens (tertiary/aromatic N) is 1. The minimum atomic E-state index is -0.721. The molecule has 2 aromatic rings. The van der Waals surface area contributed by atoms with Crippen molar-refractivity contribution in [1.82, 2.24) is 10.3 Å². The number of aromatic nitrogens is 1. The highest BCUT2D eigenvalue weighted by atomic mass is 32.1. The summed E-state index contributed by atoms with van der Waals surface area (Å²) in [4.78, 5) is 28.4. The van der Waals surface area contributed by atoms with Gasteiger partial charge in [0.25, 0.3) is 0 Å².